The first-order valence-electron chi connectivity index (χ1n) is 12.6. The van der Waals surface area contributed by atoms with Gasteiger partial charge in [-0.05, 0) is 97.1 Å². The summed E-state index contributed by atoms with van der Waals surface area (Å²) in [5.41, 5.74) is 1.47. The monoisotopic (exact) mass is 612 g/mol. The maximum atomic E-state index is 13.4. The summed E-state index contributed by atoms with van der Waals surface area (Å²) in [5.74, 6) is -0.427. The zero-order valence-corrected chi connectivity index (χ0v) is 23.5. The van der Waals surface area contributed by atoms with Crippen LogP contribution in [0.2, 0.25) is 0 Å². The van der Waals surface area contributed by atoms with E-state index in [1.165, 1.54) is 58.3 Å². The van der Waals surface area contributed by atoms with Gasteiger partial charge in [-0.3, -0.25) is 10.8 Å². The Balaban J connectivity index is 1.15. The van der Waals surface area contributed by atoms with Crippen molar-refractivity contribution in [2.45, 2.75) is 0 Å². The van der Waals surface area contributed by atoms with E-state index >= 15 is 0 Å². The first-order valence-corrected chi connectivity index (χ1v) is 13.4. The Labute approximate surface area is 254 Å². The Morgan fingerprint density at radius 3 is 1.09 bits per heavy atom. The van der Waals surface area contributed by atoms with Crippen LogP contribution in [0.1, 0.15) is 0 Å². The van der Waals surface area contributed by atoms with Crippen molar-refractivity contribution in [2.75, 3.05) is 19.6 Å². The number of hydrogen-bond acceptors (Lipinski definition) is 7. The van der Waals surface area contributed by atoms with Crippen LogP contribution in [0.4, 0.5) is 41.1 Å². The lowest BCUT2D eigenvalue weighted by molar-refractivity contribution is 0.256. The predicted molar refractivity (Wildman–Crippen MR) is 167 cm³/mol. The van der Waals surface area contributed by atoms with Gasteiger partial charge in [0.2, 0.25) is 0 Å². The van der Waals surface area contributed by atoms with Crippen LogP contribution < -0.4 is 24.3 Å². The number of hydrogen-bond donors (Lipinski definition) is 2. The lowest BCUT2D eigenvalue weighted by Crippen LogP contribution is -2.33. The standard InChI is InChI=1S/C30H18F2N6O3S2/c31-17-1-5-21(6-2-17)37-27(42)25(33)35(29(37)39)19-9-13-23(14-10-19)41-24-15-11-20(12-16-24)36-26(34)28(43)38(30(36)40)22-7-3-18(32)4-8-22/h1-16,33-34H. The summed E-state index contributed by atoms with van der Waals surface area (Å²) in [5, 5.41) is 16.8. The minimum absolute atomic E-state index is 0.0110. The molecule has 0 unspecified atom stereocenters. The highest BCUT2D eigenvalue weighted by atomic mass is 32.1. The van der Waals surface area contributed by atoms with Crippen molar-refractivity contribution in [1.82, 2.24) is 0 Å². The van der Waals surface area contributed by atoms with Crippen molar-refractivity contribution in [2.24, 2.45) is 0 Å². The van der Waals surface area contributed by atoms with Crippen molar-refractivity contribution in [1.29, 1.82) is 10.8 Å². The van der Waals surface area contributed by atoms with Crippen LogP contribution in [0.25, 0.3) is 0 Å². The van der Waals surface area contributed by atoms with Gasteiger partial charge in [-0.25, -0.2) is 38.0 Å². The van der Waals surface area contributed by atoms with Gasteiger partial charge in [0.15, 0.2) is 21.6 Å². The summed E-state index contributed by atoms with van der Waals surface area (Å²) < 4.78 is 32.6. The number of urea groups is 2. The number of amidine groups is 2. The number of halogens is 2. The van der Waals surface area contributed by atoms with Crippen molar-refractivity contribution >= 4 is 80.9 Å². The molecule has 6 rings (SSSR count). The first-order chi connectivity index (χ1) is 20.6. The quantitative estimate of drug-likeness (QED) is 0.223. The number of thiocarbonyl (C=S) groups is 2. The third-order valence-corrected chi connectivity index (χ3v) is 7.37. The van der Waals surface area contributed by atoms with Crippen molar-refractivity contribution in [3.63, 3.8) is 0 Å². The van der Waals surface area contributed by atoms with Crippen LogP contribution >= 0.6 is 24.4 Å². The van der Waals surface area contributed by atoms with E-state index in [1.54, 1.807) is 48.5 Å². The van der Waals surface area contributed by atoms with E-state index in [1.807, 2.05) is 0 Å². The number of carbonyl (C=O) groups is 2. The van der Waals surface area contributed by atoms with E-state index in [0.29, 0.717) is 34.2 Å². The fourth-order valence-corrected chi connectivity index (χ4v) is 5.10. The SMILES string of the molecule is N=C1C(=S)N(c2ccc(F)cc2)C(=O)N1c1ccc(Oc2ccc(N3C(=N)C(=S)N(c4ccc(F)cc4)C3=O)cc2)cc1. The maximum Gasteiger partial charge on any atom is 0.340 e. The molecule has 0 saturated carbocycles. The highest BCUT2D eigenvalue weighted by Gasteiger charge is 2.41. The van der Waals surface area contributed by atoms with Gasteiger partial charge in [0.25, 0.3) is 0 Å². The molecule has 13 heteroatoms. The minimum atomic E-state index is -0.564. The minimum Gasteiger partial charge on any atom is -0.457 e. The van der Waals surface area contributed by atoms with Gasteiger partial charge in [-0.2, -0.15) is 0 Å². The lowest BCUT2D eigenvalue weighted by Gasteiger charge is -2.18. The number of benzene rings is 4. The molecule has 2 aliphatic rings. The first kappa shape index (κ1) is 27.8. The number of nitrogens with one attached hydrogen (secondary N) is 2. The summed E-state index contributed by atoms with van der Waals surface area (Å²) in [6.45, 7) is 0. The van der Waals surface area contributed by atoms with Crippen LogP contribution in [-0.2, 0) is 0 Å². The van der Waals surface area contributed by atoms with E-state index < -0.39 is 23.7 Å². The number of ether oxygens (including phenoxy) is 1. The van der Waals surface area contributed by atoms with Gasteiger partial charge in [-0.1, -0.05) is 24.4 Å². The summed E-state index contributed by atoms with van der Waals surface area (Å²) >= 11 is 10.6. The smallest absolute Gasteiger partial charge is 0.340 e. The predicted octanol–water partition coefficient (Wildman–Crippen LogP) is 7.26. The molecule has 4 aromatic rings. The number of rotatable bonds is 6. The molecular weight excluding hydrogens is 594 g/mol. The van der Waals surface area contributed by atoms with Gasteiger partial charge in [0, 0.05) is 0 Å². The number of nitrogens with zero attached hydrogens (tertiary/aromatic N) is 4. The van der Waals surface area contributed by atoms with Crippen LogP contribution in [0, 0.1) is 22.5 Å². The molecule has 2 aliphatic heterocycles. The van der Waals surface area contributed by atoms with Gasteiger partial charge in [0.1, 0.15) is 23.1 Å². The average Bonchev–Trinajstić information content (AvgIpc) is 3.36. The molecule has 4 amide bonds. The fourth-order valence-electron chi connectivity index (χ4n) is 4.55. The molecule has 2 heterocycles. The summed E-state index contributed by atoms with van der Waals surface area (Å²) in [7, 11) is 0. The second kappa shape index (κ2) is 10.8. The number of carbonyl (C=O) groups excluding carboxylic acids is 2. The third kappa shape index (κ3) is 4.90. The Kier molecular flexibility index (Phi) is 6.96. The highest BCUT2D eigenvalue weighted by molar-refractivity contribution is 7.83. The lowest BCUT2D eigenvalue weighted by atomic mass is 10.2. The highest BCUT2D eigenvalue weighted by Crippen LogP contribution is 2.33. The topological polar surface area (TPSA) is 104 Å². The van der Waals surface area contributed by atoms with E-state index in [0.717, 1.165) is 9.80 Å². The molecule has 0 aliphatic carbocycles. The molecule has 0 spiro atoms. The molecule has 4 aromatic carbocycles. The largest absolute Gasteiger partial charge is 0.457 e. The van der Waals surface area contributed by atoms with Crippen molar-refractivity contribution < 1.29 is 23.1 Å². The van der Waals surface area contributed by atoms with Gasteiger partial charge in [-0.15, -0.1) is 0 Å². The molecule has 2 N–H and O–H groups in total. The third-order valence-electron chi connectivity index (χ3n) is 6.62. The molecule has 43 heavy (non-hydrogen) atoms. The fraction of sp³-hybridized carbons (Fsp3) is 0. The number of anilines is 4. The van der Waals surface area contributed by atoms with Gasteiger partial charge in [0.05, 0.1) is 22.7 Å². The maximum absolute atomic E-state index is 13.4. The van der Waals surface area contributed by atoms with Crippen molar-refractivity contribution in [3.05, 3.63) is 109 Å². The normalized spacial score (nSPS) is 15.3. The Hall–Kier alpha value is -5.40. The van der Waals surface area contributed by atoms with Gasteiger partial charge < -0.3 is 4.74 Å². The molecule has 2 fully saturated rings. The van der Waals surface area contributed by atoms with Crippen LogP contribution in [0.3, 0.4) is 0 Å². The molecule has 9 nitrogen and oxygen atoms in total. The molecule has 0 bridgehead atoms. The molecule has 0 aromatic heterocycles. The van der Waals surface area contributed by atoms with Crippen LogP contribution in [0.15, 0.2) is 97.1 Å². The van der Waals surface area contributed by atoms with E-state index in [2.05, 4.69) is 0 Å². The number of amides is 4. The second-order valence-electron chi connectivity index (χ2n) is 9.26. The average molecular weight is 613 g/mol. The van der Waals surface area contributed by atoms with E-state index in [-0.39, 0.29) is 21.6 Å². The van der Waals surface area contributed by atoms with Crippen LogP contribution in [0.5, 0.6) is 11.5 Å². The Morgan fingerprint density at radius 1 is 0.488 bits per heavy atom. The zero-order valence-electron chi connectivity index (χ0n) is 21.8. The molecule has 212 valence electrons. The molecular formula is C30H18F2N6O3S2. The van der Waals surface area contributed by atoms with Crippen LogP contribution in [-0.4, -0.2) is 33.7 Å². The Bertz CT molecular complexity index is 1700. The van der Waals surface area contributed by atoms with Gasteiger partial charge >= 0.3 is 12.1 Å². The summed E-state index contributed by atoms with van der Waals surface area (Å²) in [6, 6.07) is 22.2. The zero-order chi connectivity index (χ0) is 30.4. The summed E-state index contributed by atoms with van der Waals surface area (Å²) in [6.07, 6.45) is 0. The Morgan fingerprint density at radius 2 is 0.767 bits per heavy atom. The van der Waals surface area contributed by atoms with Crippen molar-refractivity contribution in [3.8, 4) is 11.5 Å². The molecule has 0 radical (unpaired) electrons. The second-order valence-corrected chi connectivity index (χ2v) is 10.0. The van der Waals surface area contributed by atoms with E-state index in [4.69, 9.17) is 40.0 Å². The molecule has 0 atom stereocenters. The summed E-state index contributed by atoms with van der Waals surface area (Å²) in [4.78, 5) is 30.9. The molecule has 2 saturated heterocycles. The van der Waals surface area contributed by atoms with E-state index in [9.17, 15) is 18.4 Å².